The van der Waals surface area contributed by atoms with Gasteiger partial charge >= 0.3 is 0 Å². The fraction of sp³-hybridized carbons (Fsp3) is 0.357. The molecule has 0 aliphatic heterocycles. The lowest BCUT2D eigenvalue weighted by atomic mass is 10.1. The fourth-order valence-corrected chi connectivity index (χ4v) is 1.44. The van der Waals surface area contributed by atoms with Gasteiger partial charge in [0, 0.05) is 6.54 Å². The number of carbonyl (C=O) groups is 1. The summed E-state index contributed by atoms with van der Waals surface area (Å²) in [6.07, 6.45) is 2.58. The zero-order valence-corrected chi connectivity index (χ0v) is 10.6. The molecule has 1 aromatic carbocycles. The summed E-state index contributed by atoms with van der Waals surface area (Å²) in [6.45, 7) is 6.82. The lowest BCUT2D eigenvalue weighted by molar-refractivity contribution is 0.0915. The molecule has 0 saturated carbocycles. The van der Waals surface area contributed by atoms with Crippen LogP contribution in [-0.2, 0) is 4.74 Å². The first-order chi connectivity index (χ1) is 8.66. The van der Waals surface area contributed by atoms with Crippen molar-refractivity contribution in [3.63, 3.8) is 0 Å². The average Bonchev–Trinajstić information content (AvgIpc) is 2.36. The van der Waals surface area contributed by atoms with E-state index in [0.717, 1.165) is 6.42 Å². The highest BCUT2D eigenvalue weighted by Gasteiger charge is 2.11. The van der Waals surface area contributed by atoms with Gasteiger partial charge in [-0.2, -0.15) is 0 Å². The zero-order valence-electron chi connectivity index (χ0n) is 10.6. The van der Waals surface area contributed by atoms with Gasteiger partial charge in [-0.1, -0.05) is 18.2 Å². The highest BCUT2D eigenvalue weighted by molar-refractivity contribution is 5.97. The molecule has 2 N–H and O–H groups in total. The monoisotopic (exact) mass is 249 g/mol. The Morgan fingerprint density at radius 3 is 3.00 bits per heavy atom. The molecule has 1 amide bonds. The molecule has 0 bridgehead atoms. The minimum atomic E-state index is -0.288. The lowest BCUT2D eigenvalue weighted by Gasteiger charge is -2.08. The van der Waals surface area contributed by atoms with E-state index in [1.54, 1.807) is 31.2 Å². The predicted molar refractivity (Wildman–Crippen MR) is 70.8 cm³/mol. The third-order valence-corrected chi connectivity index (χ3v) is 2.48. The van der Waals surface area contributed by atoms with E-state index >= 15 is 0 Å². The first-order valence-electron chi connectivity index (χ1n) is 5.92. The van der Waals surface area contributed by atoms with Crippen LogP contribution in [0.15, 0.2) is 30.9 Å². The number of amides is 1. The van der Waals surface area contributed by atoms with Gasteiger partial charge in [-0.3, -0.25) is 4.79 Å². The van der Waals surface area contributed by atoms with Gasteiger partial charge in [0.15, 0.2) is 0 Å². The van der Waals surface area contributed by atoms with E-state index in [-0.39, 0.29) is 11.7 Å². The summed E-state index contributed by atoms with van der Waals surface area (Å²) in [5.74, 6) is -0.258. The number of hydrogen-bond acceptors (Lipinski definition) is 3. The molecule has 4 heteroatoms. The molecule has 0 spiro atoms. The van der Waals surface area contributed by atoms with E-state index in [2.05, 4.69) is 11.9 Å². The molecule has 0 fully saturated rings. The second-order valence-electron chi connectivity index (χ2n) is 3.92. The Morgan fingerprint density at radius 2 is 2.28 bits per heavy atom. The molecular formula is C14H19NO3. The summed E-state index contributed by atoms with van der Waals surface area (Å²) in [5, 5.41) is 12.4. The minimum Gasteiger partial charge on any atom is -0.507 e. The Labute approximate surface area is 107 Å². The molecular weight excluding hydrogens is 230 g/mol. The van der Waals surface area contributed by atoms with E-state index in [1.165, 1.54) is 0 Å². The van der Waals surface area contributed by atoms with Gasteiger partial charge in [0.2, 0.25) is 0 Å². The summed E-state index contributed by atoms with van der Waals surface area (Å²) in [4.78, 5) is 11.8. The van der Waals surface area contributed by atoms with Gasteiger partial charge < -0.3 is 15.2 Å². The molecule has 18 heavy (non-hydrogen) atoms. The van der Waals surface area contributed by atoms with Crippen LogP contribution in [-0.4, -0.2) is 30.8 Å². The molecule has 98 valence electrons. The maximum absolute atomic E-state index is 11.8. The van der Waals surface area contributed by atoms with Crippen molar-refractivity contribution in [1.82, 2.24) is 5.32 Å². The Hall–Kier alpha value is -1.81. The Balaban J connectivity index is 2.37. The number of hydrogen-bond donors (Lipinski definition) is 2. The number of nitrogens with one attached hydrogen (secondary N) is 1. The molecule has 0 aromatic heterocycles. The molecule has 0 aliphatic rings. The zero-order chi connectivity index (χ0) is 13.4. The van der Waals surface area contributed by atoms with Gasteiger partial charge in [-0.25, -0.2) is 0 Å². The standard InChI is InChI=1S/C14H19NO3/c1-3-4-9-18-10-8-15-14(17)12-7-5-6-11(2)13(12)16/h3,5-7,16H,1,4,8-10H2,2H3,(H,15,17). The summed E-state index contributed by atoms with van der Waals surface area (Å²) >= 11 is 0. The molecule has 0 heterocycles. The number of rotatable bonds is 7. The maximum Gasteiger partial charge on any atom is 0.255 e. The Kier molecular flexibility index (Phi) is 5.94. The van der Waals surface area contributed by atoms with Crippen LogP contribution in [0.5, 0.6) is 5.75 Å². The van der Waals surface area contributed by atoms with Gasteiger partial charge in [0.1, 0.15) is 5.75 Å². The number of aryl methyl sites for hydroxylation is 1. The first kappa shape index (κ1) is 14.3. The van der Waals surface area contributed by atoms with Crippen LogP contribution in [0, 0.1) is 6.92 Å². The van der Waals surface area contributed by atoms with Crippen LogP contribution in [0.25, 0.3) is 0 Å². The van der Waals surface area contributed by atoms with Crippen molar-refractivity contribution in [3.05, 3.63) is 42.0 Å². The number of aromatic hydroxyl groups is 1. The second kappa shape index (κ2) is 7.50. The number of ether oxygens (including phenoxy) is 1. The van der Waals surface area contributed by atoms with Gasteiger partial charge in [0.25, 0.3) is 5.91 Å². The van der Waals surface area contributed by atoms with Crippen molar-refractivity contribution in [3.8, 4) is 5.75 Å². The highest BCUT2D eigenvalue weighted by atomic mass is 16.5. The van der Waals surface area contributed by atoms with Crippen LogP contribution in [0.1, 0.15) is 22.3 Å². The number of benzene rings is 1. The number of phenolic OH excluding ortho intramolecular Hbond substituents is 1. The van der Waals surface area contributed by atoms with Crippen molar-refractivity contribution >= 4 is 5.91 Å². The summed E-state index contributed by atoms with van der Waals surface area (Å²) in [5.41, 5.74) is 0.978. The maximum atomic E-state index is 11.8. The molecule has 0 saturated heterocycles. The van der Waals surface area contributed by atoms with Gasteiger partial charge in [-0.15, -0.1) is 6.58 Å². The van der Waals surface area contributed by atoms with Crippen LogP contribution < -0.4 is 5.32 Å². The molecule has 0 aliphatic carbocycles. The lowest BCUT2D eigenvalue weighted by Crippen LogP contribution is -2.27. The number of carbonyl (C=O) groups excluding carboxylic acids is 1. The van der Waals surface area contributed by atoms with Crippen LogP contribution in [0.4, 0.5) is 0 Å². The minimum absolute atomic E-state index is 0.0302. The molecule has 4 nitrogen and oxygen atoms in total. The van der Waals surface area contributed by atoms with Crippen molar-refractivity contribution in [2.75, 3.05) is 19.8 Å². The van der Waals surface area contributed by atoms with Crippen LogP contribution >= 0.6 is 0 Å². The van der Waals surface area contributed by atoms with Crippen molar-refractivity contribution in [2.24, 2.45) is 0 Å². The Morgan fingerprint density at radius 1 is 1.50 bits per heavy atom. The van der Waals surface area contributed by atoms with Gasteiger partial charge in [-0.05, 0) is 25.0 Å². The van der Waals surface area contributed by atoms with Crippen molar-refractivity contribution < 1.29 is 14.6 Å². The molecule has 0 unspecified atom stereocenters. The van der Waals surface area contributed by atoms with E-state index in [0.29, 0.717) is 30.9 Å². The topological polar surface area (TPSA) is 58.6 Å². The van der Waals surface area contributed by atoms with Crippen molar-refractivity contribution in [1.29, 1.82) is 0 Å². The predicted octanol–water partition coefficient (Wildman–Crippen LogP) is 2.02. The van der Waals surface area contributed by atoms with Crippen LogP contribution in [0.2, 0.25) is 0 Å². The van der Waals surface area contributed by atoms with E-state index in [4.69, 9.17) is 4.74 Å². The second-order valence-corrected chi connectivity index (χ2v) is 3.92. The summed E-state index contributed by atoms with van der Waals surface area (Å²) < 4.78 is 5.27. The fourth-order valence-electron chi connectivity index (χ4n) is 1.44. The van der Waals surface area contributed by atoms with E-state index in [1.807, 2.05) is 0 Å². The van der Waals surface area contributed by atoms with Crippen LogP contribution in [0.3, 0.4) is 0 Å². The smallest absolute Gasteiger partial charge is 0.255 e. The number of phenols is 1. The third kappa shape index (κ3) is 4.22. The van der Waals surface area contributed by atoms with Gasteiger partial charge in [0.05, 0.1) is 18.8 Å². The molecule has 1 rings (SSSR count). The van der Waals surface area contributed by atoms with Crippen molar-refractivity contribution in [2.45, 2.75) is 13.3 Å². The summed E-state index contributed by atoms with van der Waals surface area (Å²) in [7, 11) is 0. The van der Waals surface area contributed by atoms with E-state index < -0.39 is 0 Å². The number of para-hydroxylation sites is 1. The first-order valence-corrected chi connectivity index (χ1v) is 5.92. The molecule has 0 radical (unpaired) electrons. The average molecular weight is 249 g/mol. The molecule has 1 aromatic rings. The Bertz CT molecular complexity index is 416. The summed E-state index contributed by atoms with van der Waals surface area (Å²) in [6, 6.07) is 5.09. The van der Waals surface area contributed by atoms with E-state index in [9.17, 15) is 9.90 Å². The third-order valence-electron chi connectivity index (χ3n) is 2.48. The molecule has 0 atom stereocenters. The largest absolute Gasteiger partial charge is 0.507 e. The highest BCUT2D eigenvalue weighted by Crippen LogP contribution is 2.20. The quantitative estimate of drug-likeness (QED) is 0.574. The SMILES string of the molecule is C=CCCOCCNC(=O)c1cccc(C)c1O. The normalized spacial score (nSPS) is 10.1.